The summed E-state index contributed by atoms with van der Waals surface area (Å²) in [6.45, 7) is 8.24. The van der Waals surface area contributed by atoms with Crippen molar-refractivity contribution in [1.82, 2.24) is 15.5 Å². The van der Waals surface area contributed by atoms with Crippen LogP contribution >= 0.6 is 0 Å². The second-order valence-electron chi connectivity index (χ2n) is 4.49. The van der Waals surface area contributed by atoms with Gasteiger partial charge >= 0.3 is 0 Å². The molecule has 0 aliphatic heterocycles. The quantitative estimate of drug-likeness (QED) is 0.853. The highest BCUT2D eigenvalue weighted by Gasteiger charge is 2.16. The van der Waals surface area contributed by atoms with Gasteiger partial charge in [-0.3, -0.25) is 5.10 Å². The van der Waals surface area contributed by atoms with Gasteiger partial charge < -0.3 is 9.73 Å². The van der Waals surface area contributed by atoms with Gasteiger partial charge in [0.05, 0.1) is 5.69 Å². The highest BCUT2D eigenvalue weighted by molar-refractivity contribution is 5.23. The zero-order valence-electron chi connectivity index (χ0n) is 10.7. The van der Waals surface area contributed by atoms with Crippen LogP contribution in [0.1, 0.15) is 48.7 Å². The molecule has 2 aromatic rings. The Bertz CT molecular complexity index is 473. The fourth-order valence-electron chi connectivity index (χ4n) is 2.14. The molecule has 0 saturated heterocycles. The molecule has 0 radical (unpaired) electrons. The first kappa shape index (κ1) is 11.9. The third-order valence-electron chi connectivity index (χ3n) is 3.03. The van der Waals surface area contributed by atoms with Gasteiger partial charge in [0.15, 0.2) is 0 Å². The number of H-pyrrole nitrogens is 1. The average Bonchev–Trinajstić information content (AvgIpc) is 2.87. The maximum atomic E-state index is 5.55. The van der Waals surface area contributed by atoms with Crippen molar-refractivity contribution in [3.05, 3.63) is 41.1 Å². The summed E-state index contributed by atoms with van der Waals surface area (Å²) < 4.78 is 5.55. The molecule has 17 heavy (non-hydrogen) atoms. The van der Waals surface area contributed by atoms with Gasteiger partial charge in [-0.2, -0.15) is 5.10 Å². The van der Waals surface area contributed by atoms with Gasteiger partial charge in [-0.05, 0) is 39.8 Å². The van der Waals surface area contributed by atoms with Crippen molar-refractivity contribution in [3.8, 4) is 0 Å². The topological polar surface area (TPSA) is 53.9 Å². The number of aromatic nitrogens is 2. The van der Waals surface area contributed by atoms with Gasteiger partial charge in [-0.15, -0.1) is 0 Å². The summed E-state index contributed by atoms with van der Waals surface area (Å²) in [6.07, 6.45) is 1.77. The maximum absolute atomic E-state index is 5.55. The summed E-state index contributed by atoms with van der Waals surface area (Å²) in [7, 11) is 0. The fourth-order valence-corrected chi connectivity index (χ4v) is 2.14. The van der Waals surface area contributed by atoms with Crippen LogP contribution < -0.4 is 5.32 Å². The van der Waals surface area contributed by atoms with Crippen molar-refractivity contribution in [2.75, 3.05) is 0 Å². The molecule has 0 spiro atoms. The van der Waals surface area contributed by atoms with E-state index in [2.05, 4.69) is 35.4 Å². The third-order valence-corrected chi connectivity index (χ3v) is 3.03. The predicted octanol–water partition coefficient (Wildman–Crippen LogP) is 3.03. The SMILES string of the molecule is Cc1cc(C(C)NC(C)c2ccn[nH]2)c(C)o1. The number of nitrogens with zero attached hydrogens (tertiary/aromatic N) is 1. The van der Waals surface area contributed by atoms with Gasteiger partial charge in [0.2, 0.25) is 0 Å². The van der Waals surface area contributed by atoms with Crippen LogP contribution in [0.5, 0.6) is 0 Å². The Morgan fingerprint density at radius 2 is 2.06 bits per heavy atom. The Labute approximate surface area is 101 Å². The van der Waals surface area contributed by atoms with Gasteiger partial charge in [-0.1, -0.05) is 0 Å². The monoisotopic (exact) mass is 233 g/mol. The average molecular weight is 233 g/mol. The van der Waals surface area contributed by atoms with Crippen LogP contribution in [0.4, 0.5) is 0 Å². The fraction of sp³-hybridized carbons (Fsp3) is 0.462. The normalized spacial score (nSPS) is 14.8. The molecule has 2 rings (SSSR count). The number of hydrogen-bond acceptors (Lipinski definition) is 3. The van der Waals surface area contributed by atoms with Crippen LogP contribution in [-0.2, 0) is 0 Å². The molecule has 0 fully saturated rings. The van der Waals surface area contributed by atoms with E-state index < -0.39 is 0 Å². The highest BCUT2D eigenvalue weighted by atomic mass is 16.3. The van der Waals surface area contributed by atoms with E-state index in [1.807, 2.05) is 19.9 Å². The molecule has 0 amide bonds. The zero-order valence-corrected chi connectivity index (χ0v) is 10.7. The minimum atomic E-state index is 0.238. The molecule has 0 aliphatic rings. The van der Waals surface area contributed by atoms with Crippen LogP contribution in [0.3, 0.4) is 0 Å². The number of furan rings is 1. The standard InChI is InChI=1S/C13H19N3O/c1-8-7-12(11(4)17-8)9(2)15-10(3)13-5-6-14-16-13/h5-7,9-10,15H,1-4H3,(H,14,16). The zero-order chi connectivity index (χ0) is 12.4. The Morgan fingerprint density at radius 3 is 2.59 bits per heavy atom. The number of rotatable bonds is 4. The van der Waals surface area contributed by atoms with Crippen LogP contribution in [0, 0.1) is 13.8 Å². The second-order valence-corrected chi connectivity index (χ2v) is 4.49. The maximum Gasteiger partial charge on any atom is 0.105 e. The lowest BCUT2D eigenvalue weighted by Gasteiger charge is -2.18. The summed E-state index contributed by atoms with van der Waals surface area (Å²) in [4.78, 5) is 0. The van der Waals surface area contributed by atoms with Crippen molar-refractivity contribution < 1.29 is 4.42 Å². The molecule has 0 saturated carbocycles. The Balaban J connectivity index is 2.06. The number of aryl methyl sites for hydroxylation is 2. The largest absolute Gasteiger partial charge is 0.466 e. The Morgan fingerprint density at radius 1 is 1.29 bits per heavy atom. The van der Waals surface area contributed by atoms with Crippen molar-refractivity contribution >= 4 is 0 Å². The minimum Gasteiger partial charge on any atom is -0.466 e. The van der Waals surface area contributed by atoms with Crippen molar-refractivity contribution in [1.29, 1.82) is 0 Å². The number of hydrogen-bond donors (Lipinski definition) is 2. The van der Waals surface area contributed by atoms with Gasteiger partial charge in [-0.25, -0.2) is 0 Å². The van der Waals surface area contributed by atoms with Crippen LogP contribution in [-0.4, -0.2) is 10.2 Å². The first-order chi connectivity index (χ1) is 8.08. The predicted molar refractivity (Wildman–Crippen MR) is 66.7 cm³/mol. The first-order valence-electron chi connectivity index (χ1n) is 5.90. The van der Waals surface area contributed by atoms with Crippen molar-refractivity contribution in [2.45, 2.75) is 39.8 Å². The molecule has 0 bridgehead atoms. The smallest absolute Gasteiger partial charge is 0.105 e. The summed E-state index contributed by atoms with van der Waals surface area (Å²) in [5.74, 6) is 1.94. The summed E-state index contributed by atoms with van der Waals surface area (Å²) in [5, 5.41) is 10.5. The molecule has 92 valence electrons. The lowest BCUT2D eigenvalue weighted by molar-refractivity contribution is 0.464. The molecule has 4 heteroatoms. The Kier molecular flexibility index (Phi) is 3.33. The molecule has 2 atom stereocenters. The van der Waals surface area contributed by atoms with E-state index in [-0.39, 0.29) is 12.1 Å². The molecule has 0 aromatic carbocycles. The van der Waals surface area contributed by atoms with E-state index in [1.54, 1.807) is 6.20 Å². The molecule has 2 N–H and O–H groups in total. The molecule has 2 aromatic heterocycles. The second kappa shape index (κ2) is 4.75. The van der Waals surface area contributed by atoms with Crippen LogP contribution in [0.25, 0.3) is 0 Å². The first-order valence-corrected chi connectivity index (χ1v) is 5.90. The van der Waals surface area contributed by atoms with Crippen molar-refractivity contribution in [2.24, 2.45) is 0 Å². The Hall–Kier alpha value is -1.55. The van der Waals surface area contributed by atoms with Crippen LogP contribution in [0.15, 0.2) is 22.7 Å². The number of aromatic amines is 1. The molecular formula is C13H19N3O. The molecule has 4 nitrogen and oxygen atoms in total. The van der Waals surface area contributed by atoms with Gasteiger partial charge in [0.1, 0.15) is 11.5 Å². The highest BCUT2D eigenvalue weighted by Crippen LogP contribution is 2.23. The van der Waals surface area contributed by atoms with E-state index >= 15 is 0 Å². The summed E-state index contributed by atoms with van der Waals surface area (Å²) in [6, 6.07) is 4.57. The molecular weight excluding hydrogens is 214 g/mol. The number of nitrogens with one attached hydrogen (secondary N) is 2. The summed E-state index contributed by atoms with van der Waals surface area (Å²) in [5.41, 5.74) is 2.31. The summed E-state index contributed by atoms with van der Waals surface area (Å²) >= 11 is 0. The lowest BCUT2D eigenvalue weighted by Crippen LogP contribution is -2.22. The molecule has 2 unspecified atom stereocenters. The molecule has 2 heterocycles. The van der Waals surface area contributed by atoms with Gasteiger partial charge in [0.25, 0.3) is 0 Å². The lowest BCUT2D eigenvalue weighted by atomic mass is 10.1. The van der Waals surface area contributed by atoms with E-state index in [9.17, 15) is 0 Å². The van der Waals surface area contributed by atoms with E-state index in [0.717, 1.165) is 17.2 Å². The third kappa shape index (κ3) is 2.58. The molecule has 0 aliphatic carbocycles. The van der Waals surface area contributed by atoms with Gasteiger partial charge in [0, 0.05) is 23.8 Å². The van der Waals surface area contributed by atoms with E-state index in [4.69, 9.17) is 4.42 Å². The van der Waals surface area contributed by atoms with E-state index in [0.29, 0.717) is 0 Å². The van der Waals surface area contributed by atoms with Crippen LogP contribution in [0.2, 0.25) is 0 Å². The minimum absolute atomic E-state index is 0.238. The van der Waals surface area contributed by atoms with E-state index in [1.165, 1.54) is 5.56 Å². The van der Waals surface area contributed by atoms with Crippen molar-refractivity contribution in [3.63, 3.8) is 0 Å².